The molecule has 0 bridgehead atoms. The molecule has 0 aliphatic carbocycles. The third kappa shape index (κ3) is 6.08. The van der Waals surface area contributed by atoms with Crippen molar-refractivity contribution in [1.82, 2.24) is 9.99 Å². The number of aromatic nitrogens is 1. The van der Waals surface area contributed by atoms with Gasteiger partial charge in [-0.25, -0.2) is 13.8 Å². The molecule has 1 heterocycles. The van der Waals surface area contributed by atoms with Crippen molar-refractivity contribution in [3.05, 3.63) is 111 Å². The second-order valence-electron chi connectivity index (χ2n) is 9.50. The first kappa shape index (κ1) is 28.1. The predicted molar refractivity (Wildman–Crippen MR) is 158 cm³/mol. The van der Waals surface area contributed by atoms with E-state index in [2.05, 4.69) is 47.1 Å². The monoisotopic (exact) mass is 562 g/mol. The van der Waals surface area contributed by atoms with Gasteiger partial charge in [-0.3, -0.25) is 9.10 Å². The number of benzene rings is 3. The van der Waals surface area contributed by atoms with Crippen LogP contribution in [0.15, 0.2) is 82.8 Å². The molecule has 9 heteroatoms. The molecule has 0 spiro atoms. The number of amides is 1. The Hall–Kier alpha value is -3.88. The van der Waals surface area contributed by atoms with Gasteiger partial charge < -0.3 is 4.57 Å². The van der Waals surface area contributed by atoms with Gasteiger partial charge in [0.15, 0.2) is 0 Å². The molecule has 4 aromatic rings. The maximum atomic E-state index is 13.5. The number of hydrazone groups is 1. The number of hydrogen-bond acceptors (Lipinski definition) is 4. The third-order valence-electron chi connectivity index (χ3n) is 6.50. The normalized spacial score (nSPS) is 11.6. The number of carbonyl (C=O) groups excluding carboxylic acids is 1. The quantitative estimate of drug-likeness (QED) is 0.210. The SMILES string of the molecule is Cc1ccc(-n2c(C)cc(/C=N/NC(=O)CN(c3ccc(Cl)cc3C)S(=O)(=O)c3ccccc3)c2C)c(C)c1. The first-order chi connectivity index (χ1) is 18.5. The number of rotatable bonds is 8. The molecule has 0 radical (unpaired) electrons. The maximum Gasteiger partial charge on any atom is 0.264 e. The van der Waals surface area contributed by atoms with Crippen LogP contribution in [0.5, 0.6) is 0 Å². The van der Waals surface area contributed by atoms with Gasteiger partial charge in [-0.15, -0.1) is 0 Å². The van der Waals surface area contributed by atoms with Crippen LogP contribution in [0.3, 0.4) is 0 Å². The molecule has 0 atom stereocenters. The molecule has 0 aliphatic rings. The van der Waals surface area contributed by atoms with Crippen LogP contribution in [0, 0.1) is 34.6 Å². The van der Waals surface area contributed by atoms with Crippen LogP contribution >= 0.6 is 11.6 Å². The highest BCUT2D eigenvalue weighted by Crippen LogP contribution is 2.29. The van der Waals surface area contributed by atoms with Crippen molar-refractivity contribution in [2.45, 2.75) is 39.5 Å². The van der Waals surface area contributed by atoms with Gasteiger partial charge in [0.2, 0.25) is 0 Å². The maximum absolute atomic E-state index is 13.5. The van der Waals surface area contributed by atoms with Crippen molar-refractivity contribution in [1.29, 1.82) is 0 Å². The lowest BCUT2D eigenvalue weighted by Gasteiger charge is -2.25. The Labute approximate surface area is 234 Å². The van der Waals surface area contributed by atoms with Gasteiger partial charge in [-0.1, -0.05) is 47.5 Å². The highest BCUT2D eigenvalue weighted by atomic mass is 35.5. The van der Waals surface area contributed by atoms with E-state index >= 15 is 0 Å². The fraction of sp³-hybridized carbons (Fsp3) is 0.200. The van der Waals surface area contributed by atoms with E-state index in [4.69, 9.17) is 11.6 Å². The van der Waals surface area contributed by atoms with Crippen LogP contribution in [0.25, 0.3) is 5.69 Å². The molecule has 1 amide bonds. The summed E-state index contributed by atoms with van der Waals surface area (Å²) in [5.74, 6) is -0.580. The minimum atomic E-state index is -4.03. The standard InChI is InChI=1S/C30H31ClN4O3S/c1-20-11-13-29(21(2)15-20)35-23(4)17-25(24(35)5)18-32-33-30(36)19-34(28-14-12-26(31)16-22(28)3)39(37,38)27-9-7-6-8-10-27/h6-18H,19H2,1-5H3,(H,33,36)/b32-18+. The summed E-state index contributed by atoms with van der Waals surface area (Å²) < 4.78 is 30.3. The summed E-state index contributed by atoms with van der Waals surface area (Å²) >= 11 is 6.10. The number of sulfonamides is 1. The summed E-state index contributed by atoms with van der Waals surface area (Å²) in [7, 11) is -4.03. The molecule has 3 aromatic carbocycles. The van der Waals surface area contributed by atoms with Crippen molar-refractivity contribution in [3.63, 3.8) is 0 Å². The lowest BCUT2D eigenvalue weighted by Crippen LogP contribution is -2.40. The summed E-state index contributed by atoms with van der Waals surface area (Å²) in [4.78, 5) is 13.0. The van der Waals surface area contributed by atoms with Gasteiger partial charge in [0.25, 0.3) is 15.9 Å². The third-order valence-corrected chi connectivity index (χ3v) is 8.51. The summed E-state index contributed by atoms with van der Waals surface area (Å²) in [6.07, 6.45) is 1.57. The number of carbonyl (C=O) groups is 1. The van der Waals surface area contributed by atoms with E-state index in [1.807, 2.05) is 19.9 Å². The Balaban J connectivity index is 1.58. The summed E-state index contributed by atoms with van der Waals surface area (Å²) in [6.45, 7) is 9.44. The van der Waals surface area contributed by atoms with E-state index in [9.17, 15) is 13.2 Å². The molecule has 1 N–H and O–H groups in total. The van der Waals surface area contributed by atoms with Gasteiger partial charge in [0.1, 0.15) is 6.54 Å². The Morgan fingerprint density at radius 3 is 2.33 bits per heavy atom. The highest BCUT2D eigenvalue weighted by Gasteiger charge is 2.28. The molecular weight excluding hydrogens is 532 g/mol. The molecule has 0 fully saturated rings. The second-order valence-corrected chi connectivity index (χ2v) is 11.8. The van der Waals surface area contributed by atoms with Crippen molar-refractivity contribution in [2.24, 2.45) is 5.10 Å². The molecule has 7 nitrogen and oxygen atoms in total. The van der Waals surface area contributed by atoms with Gasteiger partial charge in [0.05, 0.1) is 16.8 Å². The summed E-state index contributed by atoms with van der Waals surface area (Å²) in [5.41, 5.74) is 9.76. The minimum absolute atomic E-state index is 0.0782. The Morgan fingerprint density at radius 1 is 0.949 bits per heavy atom. The number of anilines is 1. The second kappa shape index (κ2) is 11.5. The Bertz CT molecular complexity index is 1660. The van der Waals surface area contributed by atoms with Crippen molar-refractivity contribution in [3.8, 4) is 5.69 Å². The Morgan fingerprint density at radius 2 is 1.67 bits per heavy atom. The molecule has 0 saturated carbocycles. The van der Waals surface area contributed by atoms with E-state index < -0.39 is 22.5 Å². The zero-order valence-electron chi connectivity index (χ0n) is 22.6. The number of nitrogens with zero attached hydrogens (tertiary/aromatic N) is 3. The zero-order valence-corrected chi connectivity index (χ0v) is 24.1. The largest absolute Gasteiger partial charge is 0.318 e. The van der Waals surface area contributed by atoms with Crippen LogP contribution in [0.2, 0.25) is 5.02 Å². The van der Waals surface area contributed by atoms with E-state index in [-0.39, 0.29) is 4.90 Å². The van der Waals surface area contributed by atoms with Crippen LogP contribution < -0.4 is 9.73 Å². The molecule has 1 aromatic heterocycles. The summed E-state index contributed by atoms with van der Waals surface area (Å²) in [6, 6.07) is 21.1. The lowest BCUT2D eigenvalue weighted by atomic mass is 10.1. The number of nitrogens with one attached hydrogen (secondary N) is 1. The molecule has 0 unspecified atom stereocenters. The number of aryl methyl sites for hydroxylation is 4. The molecule has 0 aliphatic heterocycles. The summed E-state index contributed by atoms with van der Waals surface area (Å²) in [5, 5.41) is 4.62. The zero-order chi connectivity index (χ0) is 28.3. The van der Waals surface area contributed by atoms with E-state index in [0.717, 1.165) is 32.5 Å². The average Bonchev–Trinajstić information content (AvgIpc) is 3.16. The van der Waals surface area contributed by atoms with Crippen molar-refractivity contribution < 1.29 is 13.2 Å². The first-order valence-corrected chi connectivity index (χ1v) is 14.2. The molecule has 202 valence electrons. The van der Waals surface area contributed by atoms with Gasteiger partial charge >= 0.3 is 0 Å². The van der Waals surface area contributed by atoms with Crippen LogP contribution in [0.1, 0.15) is 33.6 Å². The first-order valence-electron chi connectivity index (χ1n) is 12.4. The topological polar surface area (TPSA) is 83.8 Å². The van der Waals surface area contributed by atoms with E-state index in [0.29, 0.717) is 16.3 Å². The molecule has 0 saturated heterocycles. The fourth-order valence-corrected chi connectivity index (χ4v) is 6.34. The van der Waals surface area contributed by atoms with Crippen molar-refractivity contribution in [2.75, 3.05) is 10.8 Å². The van der Waals surface area contributed by atoms with Gasteiger partial charge in [-0.05, 0) is 88.2 Å². The fourth-order valence-electron chi connectivity index (χ4n) is 4.60. The van der Waals surface area contributed by atoms with Gasteiger partial charge in [0, 0.05) is 27.7 Å². The smallest absolute Gasteiger partial charge is 0.264 e. The average molecular weight is 563 g/mol. The molecular formula is C30H31ClN4O3S. The number of halogens is 1. The van der Waals surface area contributed by atoms with Crippen LogP contribution in [0.4, 0.5) is 5.69 Å². The van der Waals surface area contributed by atoms with E-state index in [1.54, 1.807) is 49.5 Å². The Kier molecular flexibility index (Phi) is 8.28. The minimum Gasteiger partial charge on any atom is -0.318 e. The molecule has 4 rings (SSSR count). The van der Waals surface area contributed by atoms with Crippen molar-refractivity contribution >= 4 is 39.4 Å². The van der Waals surface area contributed by atoms with Crippen LogP contribution in [-0.2, 0) is 14.8 Å². The lowest BCUT2D eigenvalue weighted by molar-refractivity contribution is -0.119. The number of hydrogen-bond donors (Lipinski definition) is 1. The molecule has 39 heavy (non-hydrogen) atoms. The van der Waals surface area contributed by atoms with E-state index in [1.165, 1.54) is 17.7 Å². The van der Waals surface area contributed by atoms with Gasteiger partial charge in [-0.2, -0.15) is 5.10 Å². The highest BCUT2D eigenvalue weighted by molar-refractivity contribution is 7.92. The predicted octanol–water partition coefficient (Wildman–Crippen LogP) is 6.02. The van der Waals surface area contributed by atoms with Crippen LogP contribution in [-0.4, -0.2) is 31.7 Å².